The Hall–Kier alpha value is -2.05. The number of imidazole rings is 1. The number of Topliss-reactive ketones (excluding diaryl/α,β-unsaturated/α-hetero) is 1. The maximum absolute atomic E-state index is 14.6. The summed E-state index contributed by atoms with van der Waals surface area (Å²) in [6, 6.07) is 2.84. The fourth-order valence-corrected chi connectivity index (χ4v) is 2.76. The number of aromatic nitrogens is 2. The molecule has 0 saturated carbocycles. The predicted octanol–water partition coefficient (Wildman–Crippen LogP) is 5.18. The van der Waals surface area contributed by atoms with E-state index in [0.717, 1.165) is 0 Å². The van der Waals surface area contributed by atoms with Gasteiger partial charge in [-0.2, -0.15) is 0 Å². The summed E-state index contributed by atoms with van der Waals surface area (Å²) in [6.07, 6.45) is 0. The molecule has 25 heavy (non-hydrogen) atoms. The summed E-state index contributed by atoms with van der Waals surface area (Å²) in [5.74, 6) is -0.627. The van der Waals surface area contributed by atoms with Gasteiger partial charge in [0.1, 0.15) is 5.52 Å². The third kappa shape index (κ3) is 3.80. The number of carbonyl (C=O) groups is 1. The fourth-order valence-electron chi connectivity index (χ4n) is 2.53. The molecule has 0 unspecified atom stereocenters. The normalized spacial score (nSPS) is 13.4. The predicted molar refractivity (Wildman–Crippen MR) is 101 cm³/mol. The molecule has 5 nitrogen and oxygen atoms in total. The van der Waals surface area contributed by atoms with Gasteiger partial charge in [-0.15, -0.1) is 0 Å². The zero-order chi connectivity index (χ0) is 18.9. The SMILES string of the molecule is C=N/C(Cl)=N\C(=C(/C)Cl)c1cc(F)c2nc(C(C)=O)n(C(C)C)c2c1. The van der Waals surface area contributed by atoms with Crippen LogP contribution in [-0.2, 0) is 0 Å². The number of amidine groups is 1. The standard InChI is InChI=1S/C17H17Cl2FN4O/c1-8(2)24-13-7-11(14(9(3)18)23-17(19)21-5)6-12(20)15(13)22-16(24)10(4)25/h6-8H,5H2,1-4H3/b14-9+,23-17-. The van der Waals surface area contributed by atoms with Crippen LogP contribution in [0.2, 0.25) is 0 Å². The molecule has 8 heteroatoms. The molecule has 0 aliphatic heterocycles. The summed E-state index contributed by atoms with van der Waals surface area (Å²) in [5, 5.41) is 0.195. The van der Waals surface area contributed by atoms with Crippen LogP contribution in [0.5, 0.6) is 0 Å². The number of aliphatic imine (C=N–C) groups is 2. The molecular formula is C17H17Cl2FN4O. The minimum atomic E-state index is -0.581. The second-order valence-electron chi connectivity index (χ2n) is 5.70. The van der Waals surface area contributed by atoms with Gasteiger partial charge >= 0.3 is 0 Å². The zero-order valence-electron chi connectivity index (χ0n) is 14.3. The first-order valence-corrected chi connectivity index (χ1v) is 8.23. The van der Waals surface area contributed by atoms with E-state index in [-0.39, 0.29) is 34.2 Å². The summed E-state index contributed by atoms with van der Waals surface area (Å²) in [4.78, 5) is 23.6. The van der Waals surface area contributed by atoms with Crippen LogP contribution in [0.4, 0.5) is 4.39 Å². The number of nitrogens with zero attached hydrogens (tertiary/aromatic N) is 4. The van der Waals surface area contributed by atoms with E-state index < -0.39 is 5.82 Å². The van der Waals surface area contributed by atoms with Crippen molar-refractivity contribution in [3.8, 4) is 0 Å². The number of carbonyl (C=O) groups excluding carboxylic acids is 1. The molecule has 1 heterocycles. The van der Waals surface area contributed by atoms with Crippen molar-refractivity contribution in [3.05, 3.63) is 34.4 Å². The molecule has 0 bridgehead atoms. The maximum atomic E-state index is 14.6. The second-order valence-corrected chi connectivity index (χ2v) is 6.61. The van der Waals surface area contributed by atoms with E-state index in [1.54, 1.807) is 17.6 Å². The smallest absolute Gasteiger partial charge is 0.222 e. The number of rotatable bonds is 4. The summed E-state index contributed by atoms with van der Waals surface area (Å²) in [6.45, 7) is 10.1. The van der Waals surface area contributed by atoms with Gasteiger partial charge in [-0.05, 0) is 51.2 Å². The van der Waals surface area contributed by atoms with E-state index in [4.69, 9.17) is 23.2 Å². The van der Waals surface area contributed by atoms with E-state index in [1.165, 1.54) is 13.0 Å². The van der Waals surface area contributed by atoms with E-state index in [2.05, 4.69) is 21.7 Å². The fraction of sp³-hybridized carbons (Fsp3) is 0.294. The van der Waals surface area contributed by atoms with Crippen molar-refractivity contribution in [2.75, 3.05) is 0 Å². The molecule has 0 spiro atoms. The quantitative estimate of drug-likeness (QED) is 0.316. The van der Waals surface area contributed by atoms with Crippen molar-refractivity contribution >= 4 is 57.7 Å². The molecule has 132 valence electrons. The molecule has 0 amide bonds. The molecule has 1 aromatic carbocycles. The van der Waals surface area contributed by atoms with Crippen molar-refractivity contribution in [2.24, 2.45) is 9.98 Å². The molecule has 0 aliphatic carbocycles. The first kappa shape index (κ1) is 19.3. The minimum Gasteiger partial charge on any atom is -0.319 e. The first-order valence-electron chi connectivity index (χ1n) is 7.47. The highest BCUT2D eigenvalue weighted by atomic mass is 35.5. The Kier molecular flexibility index (Phi) is 5.75. The van der Waals surface area contributed by atoms with Crippen LogP contribution in [0.1, 0.15) is 49.9 Å². The van der Waals surface area contributed by atoms with Gasteiger partial charge in [0.25, 0.3) is 0 Å². The average molecular weight is 383 g/mol. The number of fused-ring (bicyclic) bond motifs is 1. The van der Waals surface area contributed by atoms with Gasteiger partial charge in [-0.25, -0.2) is 19.4 Å². The lowest BCUT2D eigenvalue weighted by Crippen LogP contribution is -2.09. The highest BCUT2D eigenvalue weighted by Crippen LogP contribution is 2.30. The van der Waals surface area contributed by atoms with Crippen LogP contribution in [0.15, 0.2) is 27.1 Å². The Morgan fingerprint density at radius 3 is 2.44 bits per heavy atom. The van der Waals surface area contributed by atoms with Crippen LogP contribution in [0.25, 0.3) is 16.7 Å². The van der Waals surface area contributed by atoms with Crippen molar-refractivity contribution < 1.29 is 9.18 Å². The molecule has 2 rings (SSSR count). The Labute approximate surface area is 154 Å². The van der Waals surface area contributed by atoms with Crippen molar-refractivity contribution in [1.29, 1.82) is 0 Å². The molecule has 0 N–H and O–H groups in total. The van der Waals surface area contributed by atoms with E-state index >= 15 is 0 Å². The lowest BCUT2D eigenvalue weighted by molar-refractivity contribution is 0.0998. The Morgan fingerprint density at radius 2 is 1.96 bits per heavy atom. The van der Waals surface area contributed by atoms with Crippen molar-refractivity contribution in [2.45, 2.75) is 33.7 Å². The lowest BCUT2D eigenvalue weighted by atomic mass is 10.1. The van der Waals surface area contributed by atoms with Crippen LogP contribution in [0, 0.1) is 5.82 Å². The van der Waals surface area contributed by atoms with Crippen LogP contribution >= 0.6 is 23.2 Å². The van der Waals surface area contributed by atoms with E-state index in [1.807, 2.05) is 13.8 Å². The molecule has 0 fully saturated rings. The van der Waals surface area contributed by atoms with Crippen molar-refractivity contribution in [3.63, 3.8) is 0 Å². The Morgan fingerprint density at radius 1 is 1.32 bits per heavy atom. The third-order valence-corrected chi connectivity index (χ3v) is 3.90. The maximum Gasteiger partial charge on any atom is 0.222 e. The van der Waals surface area contributed by atoms with Crippen molar-refractivity contribution in [1.82, 2.24) is 9.55 Å². The number of halogens is 3. The highest BCUT2D eigenvalue weighted by Gasteiger charge is 2.21. The number of benzene rings is 1. The molecule has 0 radical (unpaired) electrons. The molecule has 0 atom stereocenters. The molecule has 0 saturated heterocycles. The van der Waals surface area contributed by atoms with Gasteiger partial charge in [0.2, 0.25) is 5.29 Å². The molecular weight excluding hydrogens is 366 g/mol. The monoisotopic (exact) mass is 382 g/mol. The molecule has 1 aromatic heterocycles. The van der Waals surface area contributed by atoms with Gasteiger partial charge in [0.15, 0.2) is 17.4 Å². The van der Waals surface area contributed by atoms with Gasteiger partial charge in [-0.1, -0.05) is 11.6 Å². The average Bonchev–Trinajstić information content (AvgIpc) is 2.92. The molecule has 2 aromatic rings. The number of hydrogen-bond donors (Lipinski definition) is 0. The summed E-state index contributed by atoms with van der Waals surface area (Å²) in [7, 11) is 0. The number of allylic oxidation sites excluding steroid dienone is 1. The summed E-state index contributed by atoms with van der Waals surface area (Å²) >= 11 is 11.9. The van der Waals surface area contributed by atoms with Gasteiger partial charge < -0.3 is 4.57 Å². The highest BCUT2D eigenvalue weighted by molar-refractivity contribution is 6.65. The topological polar surface area (TPSA) is 59.6 Å². The van der Waals surface area contributed by atoms with Crippen LogP contribution in [-0.4, -0.2) is 27.3 Å². The first-order chi connectivity index (χ1) is 11.7. The van der Waals surface area contributed by atoms with Gasteiger partial charge in [-0.3, -0.25) is 4.79 Å². The summed E-state index contributed by atoms with van der Waals surface area (Å²) in [5.41, 5.74) is 1.26. The minimum absolute atomic E-state index is 0.0926. The Bertz CT molecular complexity index is 924. The van der Waals surface area contributed by atoms with Gasteiger partial charge in [0.05, 0.1) is 11.2 Å². The lowest BCUT2D eigenvalue weighted by Gasteiger charge is -2.12. The molecule has 0 aliphatic rings. The zero-order valence-corrected chi connectivity index (χ0v) is 15.8. The van der Waals surface area contributed by atoms with Crippen LogP contribution < -0.4 is 0 Å². The number of hydrogen-bond acceptors (Lipinski definition) is 3. The summed E-state index contributed by atoms with van der Waals surface area (Å²) < 4.78 is 16.3. The largest absolute Gasteiger partial charge is 0.319 e. The Balaban J connectivity index is 2.85. The van der Waals surface area contributed by atoms with E-state index in [0.29, 0.717) is 16.1 Å². The third-order valence-electron chi connectivity index (χ3n) is 3.51. The van der Waals surface area contributed by atoms with Crippen LogP contribution in [0.3, 0.4) is 0 Å². The van der Waals surface area contributed by atoms with Gasteiger partial charge in [0, 0.05) is 23.6 Å². The number of ketones is 1. The van der Waals surface area contributed by atoms with E-state index in [9.17, 15) is 9.18 Å². The second kappa shape index (κ2) is 7.45.